The van der Waals surface area contributed by atoms with Gasteiger partial charge in [-0.05, 0) is 30.7 Å². The van der Waals surface area contributed by atoms with E-state index < -0.39 is 11.9 Å². The van der Waals surface area contributed by atoms with Gasteiger partial charge in [-0.3, -0.25) is 9.59 Å². The van der Waals surface area contributed by atoms with Crippen LogP contribution in [0.5, 0.6) is 0 Å². The molecule has 1 saturated heterocycles. The average Bonchev–Trinajstić information content (AvgIpc) is 2.70. The lowest BCUT2D eigenvalue weighted by Gasteiger charge is -2.21. The number of nitrogens with zero attached hydrogens (tertiary/aromatic N) is 1. The van der Waals surface area contributed by atoms with Gasteiger partial charge in [-0.2, -0.15) is 0 Å². The molecule has 0 aliphatic carbocycles. The topological polar surface area (TPSA) is 83.6 Å². The molecule has 3 N–H and O–H groups in total. The van der Waals surface area contributed by atoms with Crippen molar-refractivity contribution in [1.82, 2.24) is 4.90 Å². The van der Waals surface area contributed by atoms with Crippen LogP contribution in [0.25, 0.3) is 0 Å². The zero-order valence-electron chi connectivity index (χ0n) is 12.1. The van der Waals surface area contributed by atoms with Crippen molar-refractivity contribution in [2.75, 3.05) is 19.6 Å². The van der Waals surface area contributed by atoms with Gasteiger partial charge in [0.2, 0.25) is 5.91 Å². The van der Waals surface area contributed by atoms with Gasteiger partial charge in [0.05, 0.1) is 5.92 Å². The van der Waals surface area contributed by atoms with Gasteiger partial charge in [0.15, 0.2) is 0 Å². The van der Waals surface area contributed by atoms with Crippen LogP contribution < -0.4 is 5.73 Å². The third-order valence-corrected chi connectivity index (χ3v) is 3.88. The van der Waals surface area contributed by atoms with Crippen molar-refractivity contribution in [3.8, 4) is 0 Å². The maximum absolute atomic E-state index is 12.2. The van der Waals surface area contributed by atoms with E-state index in [0.29, 0.717) is 32.0 Å². The fourth-order valence-electron chi connectivity index (χ4n) is 2.80. The van der Waals surface area contributed by atoms with Crippen LogP contribution in [0.1, 0.15) is 33.6 Å². The average molecular weight is 270 g/mol. The van der Waals surface area contributed by atoms with E-state index >= 15 is 0 Å². The number of carboxylic acid groups (broad SMARTS) is 1. The van der Waals surface area contributed by atoms with E-state index in [1.165, 1.54) is 0 Å². The summed E-state index contributed by atoms with van der Waals surface area (Å²) in [7, 11) is 0. The van der Waals surface area contributed by atoms with Crippen LogP contribution in [0.2, 0.25) is 0 Å². The van der Waals surface area contributed by atoms with Crippen molar-refractivity contribution in [3.05, 3.63) is 0 Å². The van der Waals surface area contributed by atoms with Gasteiger partial charge in [-0.15, -0.1) is 0 Å². The molecule has 0 aromatic heterocycles. The molecule has 110 valence electrons. The van der Waals surface area contributed by atoms with Crippen LogP contribution in [-0.4, -0.2) is 41.5 Å². The Kier molecular flexibility index (Phi) is 5.79. The van der Waals surface area contributed by atoms with E-state index in [9.17, 15) is 9.59 Å². The van der Waals surface area contributed by atoms with Gasteiger partial charge in [-0.25, -0.2) is 0 Å². The largest absolute Gasteiger partial charge is 0.481 e. The molecule has 1 aliphatic heterocycles. The Morgan fingerprint density at radius 3 is 2.42 bits per heavy atom. The zero-order valence-corrected chi connectivity index (χ0v) is 12.1. The highest BCUT2D eigenvalue weighted by molar-refractivity contribution is 5.79. The maximum Gasteiger partial charge on any atom is 0.308 e. The Morgan fingerprint density at radius 1 is 1.37 bits per heavy atom. The molecule has 3 atom stereocenters. The Morgan fingerprint density at radius 2 is 2.00 bits per heavy atom. The van der Waals surface area contributed by atoms with E-state index in [2.05, 4.69) is 13.8 Å². The Balaban J connectivity index is 2.52. The number of carbonyl (C=O) groups excluding carboxylic acids is 1. The molecule has 2 unspecified atom stereocenters. The SMILES string of the molecule is CC(C)C[C@H](CN)CC(=O)N1CC(C)C(C(=O)O)C1. The number of amides is 1. The predicted octanol–water partition coefficient (Wildman–Crippen LogP) is 1.18. The summed E-state index contributed by atoms with van der Waals surface area (Å²) in [6.07, 6.45) is 1.38. The molecule has 19 heavy (non-hydrogen) atoms. The first-order valence-corrected chi connectivity index (χ1v) is 7.05. The summed E-state index contributed by atoms with van der Waals surface area (Å²) in [5, 5.41) is 9.07. The molecule has 1 rings (SSSR count). The smallest absolute Gasteiger partial charge is 0.308 e. The van der Waals surface area contributed by atoms with E-state index in [1.54, 1.807) is 4.90 Å². The van der Waals surface area contributed by atoms with Gasteiger partial charge in [-0.1, -0.05) is 20.8 Å². The number of hydrogen-bond donors (Lipinski definition) is 2. The molecule has 1 aliphatic rings. The fraction of sp³-hybridized carbons (Fsp3) is 0.857. The Labute approximate surface area is 115 Å². The number of rotatable bonds is 6. The number of hydrogen-bond acceptors (Lipinski definition) is 3. The third kappa shape index (κ3) is 4.49. The molecule has 1 heterocycles. The molecule has 1 amide bonds. The monoisotopic (exact) mass is 270 g/mol. The van der Waals surface area contributed by atoms with Crippen LogP contribution in [0.15, 0.2) is 0 Å². The number of carbonyl (C=O) groups is 2. The second-order valence-corrected chi connectivity index (χ2v) is 6.16. The summed E-state index contributed by atoms with van der Waals surface area (Å²) in [4.78, 5) is 24.9. The molecule has 0 radical (unpaired) electrons. The van der Waals surface area contributed by atoms with Gasteiger partial charge in [0.1, 0.15) is 0 Å². The predicted molar refractivity (Wildman–Crippen MR) is 73.5 cm³/mol. The molecule has 5 nitrogen and oxygen atoms in total. The van der Waals surface area contributed by atoms with Crippen LogP contribution in [-0.2, 0) is 9.59 Å². The summed E-state index contributed by atoms with van der Waals surface area (Å²) in [6.45, 7) is 7.52. The molecule has 5 heteroatoms. The first kappa shape index (κ1) is 16.0. The Bertz CT molecular complexity index is 331. The molecule has 0 bridgehead atoms. The Hall–Kier alpha value is -1.10. The van der Waals surface area contributed by atoms with Crippen molar-refractivity contribution in [3.63, 3.8) is 0 Å². The third-order valence-electron chi connectivity index (χ3n) is 3.88. The molecule has 1 fully saturated rings. The van der Waals surface area contributed by atoms with E-state index in [0.717, 1.165) is 6.42 Å². The lowest BCUT2D eigenvalue weighted by molar-refractivity contribution is -0.142. The molecule has 0 spiro atoms. The first-order valence-electron chi connectivity index (χ1n) is 7.05. The lowest BCUT2D eigenvalue weighted by atomic mass is 9.94. The quantitative estimate of drug-likeness (QED) is 0.759. The van der Waals surface area contributed by atoms with E-state index in [1.807, 2.05) is 6.92 Å². The van der Waals surface area contributed by atoms with E-state index in [4.69, 9.17) is 10.8 Å². The molecule has 0 aromatic carbocycles. The number of nitrogens with two attached hydrogens (primary N) is 1. The van der Waals surface area contributed by atoms with Crippen molar-refractivity contribution in [2.24, 2.45) is 29.4 Å². The van der Waals surface area contributed by atoms with Gasteiger partial charge >= 0.3 is 5.97 Å². The van der Waals surface area contributed by atoms with Crippen molar-refractivity contribution < 1.29 is 14.7 Å². The van der Waals surface area contributed by atoms with Crippen LogP contribution in [0, 0.1) is 23.7 Å². The minimum atomic E-state index is -0.805. The molecule has 0 saturated carbocycles. The van der Waals surface area contributed by atoms with Crippen molar-refractivity contribution >= 4 is 11.9 Å². The van der Waals surface area contributed by atoms with Crippen LogP contribution >= 0.6 is 0 Å². The fourth-order valence-corrected chi connectivity index (χ4v) is 2.80. The summed E-state index contributed by atoms with van der Waals surface area (Å²) in [5.41, 5.74) is 5.71. The normalized spacial score (nSPS) is 24.8. The summed E-state index contributed by atoms with van der Waals surface area (Å²) >= 11 is 0. The van der Waals surface area contributed by atoms with Crippen molar-refractivity contribution in [1.29, 1.82) is 0 Å². The highest BCUT2D eigenvalue weighted by Gasteiger charge is 2.37. The summed E-state index contributed by atoms with van der Waals surface area (Å²) < 4.78 is 0. The molecular weight excluding hydrogens is 244 g/mol. The zero-order chi connectivity index (χ0) is 14.6. The minimum Gasteiger partial charge on any atom is -0.481 e. The first-order chi connectivity index (χ1) is 8.85. The van der Waals surface area contributed by atoms with Crippen LogP contribution in [0.4, 0.5) is 0 Å². The van der Waals surface area contributed by atoms with Crippen molar-refractivity contribution in [2.45, 2.75) is 33.6 Å². The van der Waals surface area contributed by atoms with Gasteiger partial charge in [0.25, 0.3) is 0 Å². The second-order valence-electron chi connectivity index (χ2n) is 6.16. The van der Waals surface area contributed by atoms with E-state index in [-0.39, 0.29) is 17.7 Å². The summed E-state index contributed by atoms with van der Waals surface area (Å²) in [6, 6.07) is 0. The van der Waals surface area contributed by atoms with Crippen LogP contribution in [0.3, 0.4) is 0 Å². The van der Waals surface area contributed by atoms with Gasteiger partial charge in [0, 0.05) is 19.5 Å². The second kappa shape index (κ2) is 6.89. The molecule has 0 aromatic rings. The number of likely N-dealkylation sites (tertiary alicyclic amines) is 1. The van der Waals surface area contributed by atoms with Gasteiger partial charge < -0.3 is 15.7 Å². The number of aliphatic carboxylic acids is 1. The molecular formula is C14H26N2O3. The maximum atomic E-state index is 12.2. The standard InChI is InChI=1S/C14H26N2O3/c1-9(2)4-11(6-15)5-13(17)16-7-10(3)12(8-16)14(18)19/h9-12H,4-8,15H2,1-3H3,(H,18,19)/t10?,11-,12?/m0/s1. The lowest BCUT2D eigenvalue weighted by Crippen LogP contribution is -2.33. The minimum absolute atomic E-state index is 0.0304. The number of carboxylic acids is 1. The summed E-state index contributed by atoms with van der Waals surface area (Å²) in [5.74, 6) is -0.433. The highest BCUT2D eigenvalue weighted by atomic mass is 16.4. The highest BCUT2D eigenvalue weighted by Crippen LogP contribution is 2.25.